The van der Waals surface area contributed by atoms with Crippen molar-refractivity contribution in [1.82, 2.24) is 4.90 Å². The standard InChI is InChI=1S/C22H24ClNO3/c1-13-15(10-14-6-8-16(27-2)9-7-14)11-17-18(21(13)23)12-24(22(17)26)19-4-3-5-20(19)25/h6-9,11,19-20,25H,3-5,10,12H2,1-2H3. The van der Waals surface area contributed by atoms with Gasteiger partial charge >= 0.3 is 0 Å². The summed E-state index contributed by atoms with van der Waals surface area (Å²) in [5, 5.41) is 10.9. The summed E-state index contributed by atoms with van der Waals surface area (Å²) in [6, 6.07) is 9.84. The number of hydrogen-bond acceptors (Lipinski definition) is 3. The van der Waals surface area contributed by atoms with Crippen LogP contribution >= 0.6 is 11.6 Å². The average molecular weight is 386 g/mol. The number of nitrogens with zero attached hydrogens (tertiary/aromatic N) is 1. The molecule has 2 atom stereocenters. The molecule has 0 bridgehead atoms. The smallest absolute Gasteiger partial charge is 0.254 e. The summed E-state index contributed by atoms with van der Waals surface area (Å²) < 4.78 is 5.21. The lowest BCUT2D eigenvalue weighted by Gasteiger charge is -2.26. The van der Waals surface area contributed by atoms with Crippen molar-refractivity contribution in [3.63, 3.8) is 0 Å². The van der Waals surface area contributed by atoms with Crippen LogP contribution in [0.3, 0.4) is 0 Å². The lowest BCUT2D eigenvalue weighted by molar-refractivity contribution is 0.0479. The van der Waals surface area contributed by atoms with Crippen LogP contribution in [0.2, 0.25) is 5.02 Å². The molecule has 2 unspecified atom stereocenters. The quantitative estimate of drug-likeness (QED) is 0.861. The van der Waals surface area contributed by atoms with Crippen LogP contribution in [-0.2, 0) is 13.0 Å². The highest BCUT2D eigenvalue weighted by molar-refractivity contribution is 6.33. The van der Waals surface area contributed by atoms with Gasteiger partial charge in [-0.25, -0.2) is 0 Å². The van der Waals surface area contributed by atoms with Gasteiger partial charge < -0.3 is 14.7 Å². The minimum Gasteiger partial charge on any atom is -0.497 e. The minimum atomic E-state index is -0.429. The molecule has 2 aromatic rings. The summed E-state index contributed by atoms with van der Waals surface area (Å²) in [7, 11) is 1.65. The molecular formula is C22H24ClNO3. The normalized spacial score (nSPS) is 21.6. The Morgan fingerprint density at radius 3 is 2.63 bits per heavy atom. The molecule has 4 nitrogen and oxygen atoms in total. The van der Waals surface area contributed by atoms with E-state index in [1.807, 2.05) is 42.2 Å². The first-order valence-electron chi connectivity index (χ1n) is 9.42. The Bertz CT molecular complexity index is 878. The second kappa shape index (κ2) is 7.17. The van der Waals surface area contributed by atoms with Crippen molar-refractivity contribution < 1.29 is 14.6 Å². The molecule has 0 saturated heterocycles. The maximum atomic E-state index is 13.0. The van der Waals surface area contributed by atoms with Crippen molar-refractivity contribution in [2.45, 2.75) is 51.3 Å². The molecule has 1 heterocycles. The summed E-state index contributed by atoms with van der Waals surface area (Å²) >= 11 is 6.67. The second-order valence-electron chi connectivity index (χ2n) is 7.52. The molecule has 4 rings (SSSR count). The van der Waals surface area contributed by atoms with E-state index >= 15 is 0 Å². The van der Waals surface area contributed by atoms with Crippen molar-refractivity contribution in [3.05, 3.63) is 63.2 Å². The molecule has 0 spiro atoms. The summed E-state index contributed by atoms with van der Waals surface area (Å²) in [6.07, 6.45) is 2.86. The summed E-state index contributed by atoms with van der Waals surface area (Å²) in [6.45, 7) is 2.51. The number of aliphatic hydroxyl groups excluding tert-OH is 1. The maximum Gasteiger partial charge on any atom is 0.254 e. The van der Waals surface area contributed by atoms with Gasteiger partial charge in [-0.3, -0.25) is 4.79 Å². The first kappa shape index (κ1) is 18.3. The molecule has 5 heteroatoms. The van der Waals surface area contributed by atoms with Crippen LogP contribution in [0.4, 0.5) is 0 Å². The highest BCUT2D eigenvalue weighted by atomic mass is 35.5. The topological polar surface area (TPSA) is 49.8 Å². The van der Waals surface area contributed by atoms with E-state index in [9.17, 15) is 9.90 Å². The molecule has 0 radical (unpaired) electrons. The predicted octanol–water partition coefficient (Wildman–Crippen LogP) is 4.12. The molecule has 27 heavy (non-hydrogen) atoms. The van der Waals surface area contributed by atoms with Crippen LogP contribution < -0.4 is 4.74 Å². The molecular weight excluding hydrogens is 362 g/mol. The highest BCUT2D eigenvalue weighted by Gasteiger charge is 2.39. The van der Waals surface area contributed by atoms with Crippen LogP contribution in [0, 0.1) is 6.92 Å². The fraction of sp³-hybridized carbons (Fsp3) is 0.409. The highest BCUT2D eigenvalue weighted by Crippen LogP contribution is 2.38. The van der Waals surface area contributed by atoms with E-state index in [1.54, 1.807) is 7.11 Å². The number of hydrogen-bond donors (Lipinski definition) is 1. The van der Waals surface area contributed by atoms with Gasteiger partial charge in [0.15, 0.2) is 0 Å². The summed E-state index contributed by atoms with van der Waals surface area (Å²) in [5.41, 5.74) is 4.81. The Morgan fingerprint density at radius 1 is 1.26 bits per heavy atom. The first-order valence-corrected chi connectivity index (χ1v) is 9.80. The van der Waals surface area contributed by atoms with Gasteiger partial charge in [0, 0.05) is 22.7 Å². The SMILES string of the molecule is COc1ccc(Cc2cc3c(c(Cl)c2C)CN(C2CCCC2O)C3=O)cc1. The van der Waals surface area contributed by atoms with Crippen LogP contribution in [0.15, 0.2) is 30.3 Å². The molecule has 142 valence electrons. The molecule has 1 saturated carbocycles. The van der Waals surface area contributed by atoms with Crippen LogP contribution in [0.25, 0.3) is 0 Å². The van der Waals surface area contributed by atoms with E-state index in [-0.39, 0.29) is 11.9 Å². The monoisotopic (exact) mass is 385 g/mol. The van der Waals surface area contributed by atoms with Gasteiger partial charge in [0.05, 0.1) is 19.3 Å². The van der Waals surface area contributed by atoms with E-state index in [0.29, 0.717) is 23.6 Å². The summed E-state index contributed by atoms with van der Waals surface area (Å²) in [5.74, 6) is 0.817. The third-order valence-corrected chi connectivity index (χ3v) is 6.45. The van der Waals surface area contributed by atoms with Crippen molar-refractivity contribution in [3.8, 4) is 5.75 Å². The molecule has 1 aliphatic heterocycles. The zero-order valence-electron chi connectivity index (χ0n) is 15.7. The number of rotatable bonds is 4. The van der Waals surface area contributed by atoms with Crippen molar-refractivity contribution >= 4 is 17.5 Å². The molecule has 1 aliphatic carbocycles. The lowest BCUT2D eigenvalue weighted by Crippen LogP contribution is -2.40. The van der Waals surface area contributed by atoms with Gasteiger partial charge in [-0.1, -0.05) is 23.7 Å². The molecule has 1 fully saturated rings. The van der Waals surface area contributed by atoms with Crippen molar-refractivity contribution in [2.75, 3.05) is 7.11 Å². The largest absolute Gasteiger partial charge is 0.497 e. The molecule has 2 aromatic carbocycles. The fourth-order valence-electron chi connectivity index (χ4n) is 4.30. The third kappa shape index (κ3) is 3.21. The Hall–Kier alpha value is -2.04. The van der Waals surface area contributed by atoms with E-state index in [0.717, 1.165) is 47.3 Å². The summed E-state index contributed by atoms with van der Waals surface area (Å²) in [4.78, 5) is 14.8. The zero-order chi connectivity index (χ0) is 19.1. The van der Waals surface area contributed by atoms with Crippen molar-refractivity contribution in [2.24, 2.45) is 0 Å². The number of carbonyl (C=O) groups excluding carboxylic acids is 1. The van der Waals surface area contributed by atoms with Gasteiger partial charge in [-0.15, -0.1) is 0 Å². The maximum absolute atomic E-state index is 13.0. The van der Waals surface area contributed by atoms with Gasteiger partial charge in [-0.2, -0.15) is 0 Å². The minimum absolute atomic E-state index is 0.00571. The number of ether oxygens (including phenoxy) is 1. The van der Waals surface area contributed by atoms with E-state index in [1.165, 1.54) is 0 Å². The fourth-order valence-corrected chi connectivity index (χ4v) is 4.58. The third-order valence-electron chi connectivity index (χ3n) is 5.94. The number of halogens is 1. The van der Waals surface area contributed by atoms with E-state index < -0.39 is 6.10 Å². The molecule has 2 aliphatic rings. The van der Waals surface area contributed by atoms with Gasteiger partial charge in [0.25, 0.3) is 5.91 Å². The Balaban J connectivity index is 1.64. The number of carbonyl (C=O) groups is 1. The number of amides is 1. The van der Waals surface area contributed by atoms with Crippen LogP contribution in [0.5, 0.6) is 5.75 Å². The number of fused-ring (bicyclic) bond motifs is 1. The predicted molar refractivity (Wildman–Crippen MR) is 106 cm³/mol. The van der Waals surface area contributed by atoms with Crippen LogP contribution in [0.1, 0.15) is 51.9 Å². The Kier molecular flexibility index (Phi) is 4.87. The molecule has 0 aromatic heterocycles. The second-order valence-corrected chi connectivity index (χ2v) is 7.90. The Morgan fingerprint density at radius 2 is 2.00 bits per heavy atom. The molecule has 1 N–H and O–H groups in total. The first-order chi connectivity index (χ1) is 13.0. The average Bonchev–Trinajstić information content (AvgIpc) is 3.23. The van der Waals surface area contributed by atoms with Crippen LogP contribution in [-0.4, -0.2) is 35.2 Å². The van der Waals surface area contributed by atoms with Crippen molar-refractivity contribution in [1.29, 1.82) is 0 Å². The Labute approximate surface area is 164 Å². The number of methoxy groups -OCH3 is 1. The molecule has 1 amide bonds. The lowest BCUT2D eigenvalue weighted by atomic mass is 9.95. The van der Waals surface area contributed by atoms with Gasteiger partial charge in [0.1, 0.15) is 5.75 Å². The van der Waals surface area contributed by atoms with E-state index in [2.05, 4.69) is 0 Å². The van der Waals surface area contributed by atoms with Gasteiger partial charge in [-0.05, 0) is 67.5 Å². The van der Waals surface area contributed by atoms with Gasteiger partial charge in [0.2, 0.25) is 0 Å². The number of benzene rings is 2. The van der Waals surface area contributed by atoms with E-state index in [4.69, 9.17) is 16.3 Å². The zero-order valence-corrected chi connectivity index (χ0v) is 16.4. The number of aliphatic hydroxyl groups is 1.